The van der Waals surface area contributed by atoms with Crippen molar-refractivity contribution in [3.05, 3.63) is 76.9 Å². The van der Waals surface area contributed by atoms with Gasteiger partial charge in [-0.05, 0) is 71.5 Å². The van der Waals surface area contributed by atoms with Gasteiger partial charge in [-0.25, -0.2) is 4.98 Å². The van der Waals surface area contributed by atoms with E-state index in [2.05, 4.69) is 60.2 Å². The highest BCUT2D eigenvalue weighted by Gasteiger charge is 2.21. The molecule has 6 heteroatoms. The van der Waals surface area contributed by atoms with Gasteiger partial charge in [-0.2, -0.15) is 0 Å². The monoisotopic (exact) mass is 465 g/mol. The van der Waals surface area contributed by atoms with E-state index in [1.54, 1.807) is 11.8 Å². The average Bonchev–Trinajstić information content (AvgIpc) is 3.11. The molecule has 1 aliphatic rings. The zero-order valence-corrected chi connectivity index (χ0v) is 20.3. The number of fused-ring (bicyclic) bond motifs is 1. The fourth-order valence-corrected chi connectivity index (χ4v) is 4.69. The third kappa shape index (κ3) is 6.05. The standard InChI is InChI=1S/C26H28ClN3OS/c1-26(2,3)15-24(31)29-21-7-10-23-19(14-21)12-13-30(23)17-18-4-11-25(28-16-18)32-22-8-5-20(27)6-9-22/h4-11,14,16H,12-13,15,17H2,1-3H3,(H,29,31). The highest BCUT2D eigenvalue weighted by Crippen LogP contribution is 2.32. The summed E-state index contributed by atoms with van der Waals surface area (Å²) in [5.41, 5.74) is 4.56. The summed E-state index contributed by atoms with van der Waals surface area (Å²) in [5.74, 6) is 0.0648. The number of carbonyl (C=O) groups excluding carboxylic acids is 1. The molecule has 3 aromatic rings. The lowest BCUT2D eigenvalue weighted by Crippen LogP contribution is -2.20. The Morgan fingerprint density at radius 1 is 1.12 bits per heavy atom. The quantitative estimate of drug-likeness (QED) is 0.433. The van der Waals surface area contributed by atoms with Crippen LogP contribution in [0, 0.1) is 5.41 Å². The van der Waals surface area contributed by atoms with E-state index in [-0.39, 0.29) is 11.3 Å². The third-order valence-corrected chi connectivity index (χ3v) is 6.46. The van der Waals surface area contributed by atoms with E-state index in [1.165, 1.54) is 16.8 Å². The second-order valence-corrected chi connectivity index (χ2v) is 10.9. The largest absolute Gasteiger partial charge is 0.367 e. The molecule has 0 spiro atoms. The van der Waals surface area contributed by atoms with E-state index < -0.39 is 0 Å². The number of halogens is 1. The summed E-state index contributed by atoms with van der Waals surface area (Å²) in [6, 6.07) is 18.2. The summed E-state index contributed by atoms with van der Waals surface area (Å²) >= 11 is 7.59. The van der Waals surface area contributed by atoms with Gasteiger partial charge in [0.1, 0.15) is 5.03 Å². The molecule has 166 valence electrons. The zero-order chi connectivity index (χ0) is 22.7. The van der Waals surface area contributed by atoms with Crippen molar-refractivity contribution in [2.45, 2.75) is 50.1 Å². The molecule has 2 aromatic carbocycles. The van der Waals surface area contributed by atoms with Gasteiger partial charge >= 0.3 is 0 Å². The first kappa shape index (κ1) is 22.7. The lowest BCUT2D eigenvalue weighted by atomic mass is 9.92. The van der Waals surface area contributed by atoms with E-state index in [4.69, 9.17) is 11.6 Å². The maximum absolute atomic E-state index is 12.3. The number of nitrogens with one attached hydrogen (secondary N) is 1. The predicted octanol–water partition coefficient (Wildman–Crippen LogP) is 6.82. The highest BCUT2D eigenvalue weighted by atomic mass is 35.5. The Bertz CT molecular complexity index is 1090. The first-order chi connectivity index (χ1) is 15.2. The van der Waals surface area contributed by atoms with Crippen LogP contribution in [0.3, 0.4) is 0 Å². The van der Waals surface area contributed by atoms with Crippen LogP contribution in [-0.2, 0) is 17.8 Å². The Labute approximate surface area is 199 Å². The van der Waals surface area contributed by atoms with Gasteiger partial charge in [-0.3, -0.25) is 4.79 Å². The van der Waals surface area contributed by atoms with Gasteiger partial charge in [0.15, 0.2) is 0 Å². The van der Waals surface area contributed by atoms with Crippen molar-refractivity contribution in [3.8, 4) is 0 Å². The van der Waals surface area contributed by atoms with Crippen molar-refractivity contribution in [1.82, 2.24) is 4.98 Å². The van der Waals surface area contributed by atoms with E-state index in [0.29, 0.717) is 6.42 Å². The Morgan fingerprint density at radius 2 is 1.91 bits per heavy atom. The zero-order valence-electron chi connectivity index (χ0n) is 18.7. The molecule has 1 amide bonds. The number of rotatable bonds is 6. The van der Waals surface area contributed by atoms with Crippen LogP contribution in [0.25, 0.3) is 0 Å². The minimum atomic E-state index is -0.0193. The number of benzene rings is 2. The number of carbonyl (C=O) groups is 1. The molecule has 0 atom stereocenters. The molecule has 32 heavy (non-hydrogen) atoms. The minimum absolute atomic E-state index is 0.0193. The van der Waals surface area contributed by atoms with Gasteiger partial charge in [0.2, 0.25) is 5.91 Å². The lowest BCUT2D eigenvalue weighted by molar-refractivity contribution is -0.117. The van der Waals surface area contributed by atoms with E-state index in [9.17, 15) is 4.79 Å². The Balaban J connectivity index is 1.37. The first-order valence-corrected chi connectivity index (χ1v) is 12.0. The summed E-state index contributed by atoms with van der Waals surface area (Å²) in [5, 5.41) is 4.75. The van der Waals surface area contributed by atoms with Gasteiger partial charge < -0.3 is 10.2 Å². The second kappa shape index (κ2) is 9.55. The van der Waals surface area contributed by atoms with Crippen molar-refractivity contribution in [2.24, 2.45) is 5.41 Å². The van der Waals surface area contributed by atoms with Crippen molar-refractivity contribution in [1.29, 1.82) is 0 Å². The number of nitrogens with zero attached hydrogens (tertiary/aromatic N) is 2. The number of aromatic nitrogens is 1. The number of pyridine rings is 1. The molecule has 0 saturated heterocycles. The van der Waals surface area contributed by atoms with Gasteiger partial charge in [-0.15, -0.1) is 0 Å². The van der Waals surface area contributed by atoms with Crippen LogP contribution in [-0.4, -0.2) is 17.4 Å². The molecule has 0 radical (unpaired) electrons. The van der Waals surface area contributed by atoms with Crippen LogP contribution in [0.2, 0.25) is 5.02 Å². The van der Waals surface area contributed by atoms with Crippen LogP contribution in [0.4, 0.5) is 11.4 Å². The maximum Gasteiger partial charge on any atom is 0.224 e. The van der Waals surface area contributed by atoms with Crippen molar-refractivity contribution >= 4 is 40.6 Å². The fourth-order valence-electron chi connectivity index (χ4n) is 3.81. The molecule has 0 aliphatic carbocycles. The molecule has 1 aromatic heterocycles. The molecule has 1 N–H and O–H groups in total. The highest BCUT2D eigenvalue weighted by molar-refractivity contribution is 7.99. The van der Waals surface area contributed by atoms with Crippen molar-refractivity contribution in [3.63, 3.8) is 0 Å². The molecule has 2 heterocycles. The minimum Gasteiger partial charge on any atom is -0.367 e. The van der Waals surface area contributed by atoms with E-state index in [0.717, 1.165) is 40.1 Å². The molecular formula is C26H28ClN3OS. The second-order valence-electron chi connectivity index (χ2n) is 9.36. The summed E-state index contributed by atoms with van der Waals surface area (Å²) in [7, 11) is 0. The summed E-state index contributed by atoms with van der Waals surface area (Å²) in [6.45, 7) is 8.01. The topological polar surface area (TPSA) is 45.2 Å². The molecule has 0 bridgehead atoms. The summed E-state index contributed by atoms with van der Waals surface area (Å²) in [4.78, 5) is 20.4. The van der Waals surface area contributed by atoms with Gasteiger partial charge in [-0.1, -0.05) is 50.2 Å². The van der Waals surface area contributed by atoms with E-state index >= 15 is 0 Å². The van der Waals surface area contributed by atoms with Crippen molar-refractivity contribution < 1.29 is 4.79 Å². The maximum atomic E-state index is 12.3. The Morgan fingerprint density at radius 3 is 2.59 bits per heavy atom. The van der Waals surface area contributed by atoms with Crippen LogP contribution >= 0.6 is 23.4 Å². The lowest BCUT2D eigenvalue weighted by Gasteiger charge is -2.20. The molecule has 4 rings (SSSR count). The molecule has 0 fully saturated rings. The Kier molecular flexibility index (Phi) is 6.77. The number of amides is 1. The van der Waals surface area contributed by atoms with Gasteiger partial charge in [0, 0.05) is 47.0 Å². The SMILES string of the molecule is CC(C)(C)CC(=O)Nc1ccc2c(c1)CCN2Cc1ccc(Sc2ccc(Cl)cc2)nc1. The summed E-state index contributed by atoms with van der Waals surface area (Å²) < 4.78 is 0. The average molecular weight is 466 g/mol. The molecule has 0 unspecified atom stereocenters. The number of hydrogen-bond donors (Lipinski definition) is 1. The van der Waals surface area contributed by atoms with Crippen LogP contribution in [0.1, 0.15) is 38.3 Å². The van der Waals surface area contributed by atoms with Gasteiger partial charge in [0.25, 0.3) is 0 Å². The predicted molar refractivity (Wildman–Crippen MR) is 134 cm³/mol. The Hall–Kier alpha value is -2.50. The smallest absolute Gasteiger partial charge is 0.224 e. The van der Waals surface area contributed by atoms with Crippen LogP contribution in [0.5, 0.6) is 0 Å². The van der Waals surface area contributed by atoms with Crippen LogP contribution < -0.4 is 10.2 Å². The van der Waals surface area contributed by atoms with Gasteiger partial charge in [0.05, 0.1) is 0 Å². The summed E-state index contributed by atoms with van der Waals surface area (Å²) in [6.07, 6.45) is 3.45. The van der Waals surface area contributed by atoms with Crippen LogP contribution in [0.15, 0.2) is 70.7 Å². The molecular weight excluding hydrogens is 438 g/mol. The normalized spacial score (nSPS) is 13.2. The van der Waals surface area contributed by atoms with Crippen molar-refractivity contribution in [2.75, 3.05) is 16.8 Å². The van der Waals surface area contributed by atoms with E-state index in [1.807, 2.05) is 36.5 Å². The number of hydrogen-bond acceptors (Lipinski definition) is 4. The number of anilines is 2. The molecule has 4 nitrogen and oxygen atoms in total. The molecule has 1 aliphatic heterocycles. The molecule has 0 saturated carbocycles. The first-order valence-electron chi connectivity index (χ1n) is 10.8. The third-order valence-electron chi connectivity index (χ3n) is 5.25. The fraction of sp³-hybridized carbons (Fsp3) is 0.308.